The molecule has 1 aliphatic heterocycles. The Morgan fingerprint density at radius 1 is 1.25 bits per heavy atom. The van der Waals surface area contributed by atoms with E-state index in [-0.39, 0.29) is 0 Å². The van der Waals surface area contributed by atoms with E-state index in [0.29, 0.717) is 6.04 Å². The molecule has 1 atom stereocenters. The van der Waals surface area contributed by atoms with Crippen LogP contribution in [-0.4, -0.2) is 5.71 Å². The smallest absolute Gasteiger partial charge is 0.0751 e. The summed E-state index contributed by atoms with van der Waals surface area (Å²) >= 11 is 0. The van der Waals surface area contributed by atoms with Crippen molar-refractivity contribution in [3.05, 3.63) is 35.9 Å². The van der Waals surface area contributed by atoms with Gasteiger partial charge < -0.3 is 0 Å². The average molecular weight is 159 g/mol. The number of benzene rings is 1. The first kappa shape index (κ1) is 7.53. The molecule has 0 bridgehead atoms. The zero-order valence-electron chi connectivity index (χ0n) is 7.33. The molecular weight excluding hydrogens is 146 g/mol. The Hall–Kier alpha value is -1.11. The van der Waals surface area contributed by atoms with E-state index in [4.69, 9.17) is 0 Å². The Bertz CT molecular complexity index is 287. The van der Waals surface area contributed by atoms with Gasteiger partial charge in [-0.25, -0.2) is 0 Å². The number of rotatable bonds is 1. The largest absolute Gasteiger partial charge is 0.286 e. The molecule has 0 saturated heterocycles. The molecule has 2 rings (SSSR count). The summed E-state index contributed by atoms with van der Waals surface area (Å²) in [5, 5.41) is 0. The van der Waals surface area contributed by atoms with Crippen molar-refractivity contribution in [1.29, 1.82) is 0 Å². The molecule has 0 fully saturated rings. The lowest BCUT2D eigenvalue weighted by Gasteiger charge is -2.05. The molecule has 0 saturated carbocycles. The van der Waals surface area contributed by atoms with Crippen LogP contribution in [0.5, 0.6) is 0 Å². The third-order valence-corrected chi connectivity index (χ3v) is 2.34. The van der Waals surface area contributed by atoms with Gasteiger partial charge >= 0.3 is 0 Å². The van der Waals surface area contributed by atoms with Gasteiger partial charge in [-0.1, -0.05) is 30.3 Å². The maximum absolute atomic E-state index is 4.58. The van der Waals surface area contributed by atoms with Crippen LogP contribution in [0.25, 0.3) is 0 Å². The van der Waals surface area contributed by atoms with Crippen molar-refractivity contribution in [3.63, 3.8) is 0 Å². The Labute approximate surface area is 73.1 Å². The van der Waals surface area contributed by atoms with Crippen molar-refractivity contribution < 1.29 is 0 Å². The van der Waals surface area contributed by atoms with Gasteiger partial charge in [-0.05, 0) is 25.3 Å². The summed E-state index contributed by atoms with van der Waals surface area (Å²) in [4.78, 5) is 4.58. The Morgan fingerprint density at radius 3 is 2.58 bits per heavy atom. The Morgan fingerprint density at radius 2 is 2.00 bits per heavy atom. The number of hydrogen-bond acceptors (Lipinski definition) is 1. The molecule has 0 N–H and O–H groups in total. The molecule has 1 nitrogen and oxygen atoms in total. The van der Waals surface area contributed by atoms with Crippen molar-refractivity contribution >= 4 is 5.71 Å². The van der Waals surface area contributed by atoms with E-state index in [1.807, 2.05) is 0 Å². The zero-order chi connectivity index (χ0) is 8.39. The minimum Gasteiger partial charge on any atom is -0.286 e. The van der Waals surface area contributed by atoms with Gasteiger partial charge in [0.1, 0.15) is 0 Å². The molecular formula is C11H13N. The van der Waals surface area contributed by atoms with E-state index >= 15 is 0 Å². The van der Waals surface area contributed by atoms with E-state index in [0.717, 1.165) is 0 Å². The number of aliphatic imine (C=N–C) groups is 1. The molecule has 0 amide bonds. The van der Waals surface area contributed by atoms with E-state index in [1.165, 1.54) is 24.1 Å². The minimum absolute atomic E-state index is 0.436. The SMILES string of the molecule is CC1=NC(c2ccccc2)CC1. The second-order valence-electron chi connectivity index (χ2n) is 3.33. The highest BCUT2D eigenvalue weighted by molar-refractivity contribution is 5.83. The van der Waals surface area contributed by atoms with E-state index in [9.17, 15) is 0 Å². The van der Waals surface area contributed by atoms with Gasteiger partial charge in [0.05, 0.1) is 6.04 Å². The fraction of sp³-hybridized carbons (Fsp3) is 0.364. The molecule has 1 heteroatoms. The molecule has 1 unspecified atom stereocenters. The lowest BCUT2D eigenvalue weighted by molar-refractivity contribution is 0.723. The van der Waals surface area contributed by atoms with Crippen LogP contribution in [-0.2, 0) is 0 Å². The van der Waals surface area contributed by atoms with Gasteiger partial charge in [-0.3, -0.25) is 4.99 Å². The Kier molecular flexibility index (Phi) is 1.94. The van der Waals surface area contributed by atoms with Crippen LogP contribution in [0.4, 0.5) is 0 Å². The molecule has 1 aromatic carbocycles. The molecule has 12 heavy (non-hydrogen) atoms. The maximum Gasteiger partial charge on any atom is 0.0751 e. The van der Waals surface area contributed by atoms with E-state index < -0.39 is 0 Å². The van der Waals surface area contributed by atoms with Crippen LogP contribution >= 0.6 is 0 Å². The van der Waals surface area contributed by atoms with Crippen LogP contribution in [0.3, 0.4) is 0 Å². The quantitative estimate of drug-likeness (QED) is 0.597. The van der Waals surface area contributed by atoms with Crippen molar-refractivity contribution in [2.75, 3.05) is 0 Å². The second-order valence-corrected chi connectivity index (χ2v) is 3.33. The summed E-state index contributed by atoms with van der Waals surface area (Å²) in [6, 6.07) is 11.0. The third-order valence-electron chi connectivity index (χ3n) is 2.34. The van der Waals surface area contributed by atoms with Crippen molar-refractivity contribution in [2.45, 2.75) is 25.8 Å². The van der Waals surface area contributed by atoms with Gasteiger partial charge in [0.15, 0.2) is 0 Å². The summed E-state index contributed by atoms with van der Waals surface area (Å²) in [6.45, 7) is 2.11. The fourth-order valence-electron chi connectivity index (χ4n) is 1.66. The van der Waals surface area contributed by atoms with Crippen LogP contribution in [0.1, 0.15) is 31.4 Å². The average Bonchev–Trinajstić information content (AvgIpc) is 2.54. The van der Waals surface area contributed by atoms with Crippen LogP contribution < -0.4 is 0 Å². The van der Waals surface area contributed by atoms with Gasteiger partial charge in [0.25, 0.3) is 0 Å². The molecule has 0 aliphatic carbocycles. The predicted octanol–water partition coefficient (Wildman–Crippen LogP) is 2.98. The molecule has 0 spiro atoms. The highest BCUT2D eigenvalue weighted by Gasteiger charge is 2.15. The predicted molar refractivity (Wildman–Crippen MR) is 51.5 cm³/mol. The van der Waals surface area contributed by atoms with E-state index in [1.54, 1.807) is 0 Å². The maximum atomic E-state index is 4.58. The standard InChI is InChI=1S/C11H13N/c1-9-7-8-11(12-9)10-5-3-2-4-6-10/h2-6,11H,7-8H2,1H3. The van der Waals surface area contributed by atoms with Gasteiger partial charge in [-0.2, -0.15) is 0 Å². The minimum atomic E-state index is 0.436. The highest BCUT2D eigenvalue weighted by Crippen LogP contribution is 2.28. The summed E-state index contributed by atoms with van der Waals surface area (Å²) in [7, 11) is 0. The first-order chi connectivity index (χ1) is 5.86. The topological polar surface area (TPSA) is 12.4 Å². The van der Waals surface area contributed by atoms with Crippen molar-refractivity contribution in [2.24, 2.45) is 4.99 Å². The summed E-state index contributed by atoms with van der Waals surface area (Å²) in [6.07, 6.45) is 2.36. The molecule has 1 aromatic rings. The number of hydrogen-bond donors (Lipinski definition) is 0. The molecule has 62 valence electrons. The normalized spacial score (nSPS) is 22.4. The number of nitrogens with zero attached hydrogens (tertiary/aromatic N) is 1. The van der Waals surface area contributed by atoms with Crippen molar-refractivity contribution in [1.82, 2.24) is 0 Å². The zero-order valence-corrected chi connectivity index (χ0v) is 7.33. The molecule has 1 aliphatic rings. The van der Waals surface area contributed by atoms with Gasteiger partial charge in [-0.15, -0.1) is 0 Å². The van der Waals surface area contributed by atoms with Crippen LogP contribution in [0.2, 0.25) is 0 Å². The first-order valence-corrected chi connectivity index (χ1v) is 4.44. The first-order valence-electron chi connectivity index (χ1n) is 4.44. The third kappa shape index (κ3) is 1.40. The lowest BCUT2D eigenvalue weighted by atomic mass is 10.1. The van der Waals surface area contributed by atoms with Gasteiger partial charge in [0, 0.05) is 5.71 Å². The Balaban J connectivity index is 2.22. The summed E-state index contributed by atoms with van der Waals surface area (Å²) < 4.78 is 0. The highest BCUT2D eigenvalue weighted by atomic mass is 14.8. The second kappa shape index (κ2) is 3.10. The molecule has 0 radical (unpaired) electrons. The summed E-state index contributed by atoms with van der Waals surface area (Å²) in [5.74, 6) is 0. The van der Waals surface area contributed by atoms with Gasteiger partial charge in [0.2, 0.25) is 0 Å². The van der Waals surface area contributed by atoms with Crippen molar-refractivity contribution in [3.8, 4) is 0 Å². The fourth-order valence-corrected chi connectivity index (χ4v) is 1.66. The summed E-state index contributed by atoms with van der Waals surface area (Å²) in [5.41, 5.74) is 2.65. The lowest BCUT2D eigenvalue weighted by Crippen LogP contribution is -1.88. The molecule has 0 aromatic heterocycles. The van der Waals surface area contributed by atoms with E-state index in [2.05, 4.69) is 42.2 Å². The monoisotopic (exact) mass is 159 g/mol. The van der Waals surface area contributed by atoms with Crippen LogP contribution in [0, 0.1) is 0 Å². The molecule has 1 heterocycles. The van der Waals surface area contributed by atoms with Crippen LogP contribution in [0.15, 0.2) is 35.3 Å².